The van der Waals surface area contributed by atoms with Gasteiger partial charge in [0.15, 0.2) is 6.07 Å². The Bertz CT molecular complexity index is 212. The van der Waals surface area contributed by atoms with Crippen LogP contribution < -0.4 is 0 Å². The highest BCUT2D eigenvalue weighted by molar-refractivity contribution is 6.17. The van der Waals surface area contributed by atoms with Crippen LogP contribution in [0.3, 0.4) is 0 Å². The van der Waals surface area contributed by atoms with E-state index in [2.05, 4.69) is 4.74 Å². The van der Waals surface area contributed by atoms with E-state index in [0.717, 1.165) is 12.1 Å². The van der Waals surface area contributed by atoms with Crippen molar-refractivity contribution >= 4 is 17.6 Å². The van der Waals surface area contributed by atoms with E-state index in [1.54, 1.807) is 6.92 Å². The summed E-state index contributed by atoms with van der Waals surface area (Å²) in [5.74, 6) is -0.347. The summed E-state index contributed by atoms with van der Waals surface area (Å²) in [5.41, 5.74) is 1.59. The van der Waals surface area contributed by atoms with Crippen LogP contribution in [0.4, 0.5) is 0 Å². The van der Waals surface area contributed by atoms with Gasteiger partial charge in [-0.05, 0) is 13.3 Å². The summed E-state index contributed by atoms with van der Waals surface area (Å²) in [7, 11) is 3.80. The van der Waals surface area contributed by atoms with Gasteiger partial charge in [0.25, 0.3) is 0 Å². The molecule has 0 aliphatic heterocycles. The molecule has 0 aromatic heterocycles. The Hall–Kier alpha value is -0.700. The number of allylic oxidation sites excluding steroid dienone is 1. The van der Waals surface area contributed by atoms with Crippen molar-refractivity contribution in [1.82, 2.24) is 4.90 Å². The van der Waals surface area contributed by atoms with Crippen LogP contribution in [-0.2, 0) is 9.53 Å². The monoisotopic (exact) mass is 205 g/mol. The third-order valence-corrected chi connectivity index (χ3v) is 1.91. The molecule has 13 heavy (non-hydrogen) atoms. The summed E-state index contributed by atoms with van der Waals surface area (Å²) >= 11 is 5.29. The second kappa shape index (κ2) is 5.86. The predicted octanol–water partition coefficient (Wildman–Crippen LogP) is 1.97. The summed E-state index contributed by atoms with van der Waals surface area (Å²) in [6.45, 7) is 3.74. The lowest BCUT2D eigenvalue weighted by Crippen LogP contribution is -2.17. The minimum atomic E-state index is -0.347. The molecule has 0 bridgehead atoms. The lowest BCUT2D eigenvalue weighted by Gasteiger charge is -2.18. The second-order valence-corrected chi connectivity index (χ2v) is 3.08. The fourth-order valence-electron chi connectivity index (χ4n) is 1.19. The molecule has 0 aromatic carbocycles. The van der Waals surface area contributed by atoms with Crippen LogP contribution in [0.2, 0.25) is 0 Å². The molecule has 3 nitrogen and oxygen atoms in total. The number of alkyl halides is 1. The van der Waals surface area contributed by atoms with Crippen LogP contribution in [0, 0.1) is 0 Å². The first-order chi connectivity index (χ1) is 6.04. The van der Waals surface area contributed by atoms with Crippen molar-refractivity contribution in [2.45, 2.75) is 20.3 Å². The molecule has 0 rings (SSSR count). The molecular formula is C9H16ClNO2. The van der Waals surface area contributed by atoms with Crippen LogP contribution in [0.15, 0.2) is 11.3 Å². The summed E-state index contributed by atoms with van der Waals surface area (Å²) in [6.07, 6.45) is 0.802. The maximum atomic E-state index is 11.3. The van der Waals surface area contributed by atoms with Gasteiger partial charge < -0.3 is 9.64 Å². The number of carbonyl (C=O) groups is 1. The van der Waals surface area contributed by atoms with Crippen molar-refractivity contribution in [3.63, 3.8) is 0 Å². The van der Waals surface area contributed by atoms with E-state index in [0.29, 0.717) is 5.57 Å². The number of esters is 1. The Labute approximate surface area is 84.3 Å². The molecular weight excluding hydrogens is 190 g/mol. The molecule has 0 saturated carbocycles. The Balaban J connectivity index is 4.64. The molecule has 0 heterocycles. The number of ether oxygens (including phenoxy) is 1. The first-order valence-electron chi connectivity index (χ1n) is 4.14. The van der Waals surface area contributed by atoms with Crippen LogP contribution in [0.1, 0.15) is 20.3 Å². The zero-order valence-corrected chi connectivity index (χ0v) is 9.31. The van der Waals surface area contributed by atoms with Crippen molar-refractivity contribution < 1.29 is 9.53 Å². The van der Waals surface area contributed by atoms with Gasteiger partial charge in [0, 0.05) is 19.8 Å². The van der Waals surface area contributed by atoms with Gasteiger partial charge >= 0.3 is 5.97 Å². The molecule has 0 N–H and O–H groups in total. The highest BCUT2D eigenvalue weighted by Crippen LogP contribution is 2.12. The van der Waals surface area contributed by atoms with Crippen LogP contribution in [-0.4, -0.2) is 31.0 Å². The minimum absolute atomic E-state index is 0.0966. The highest BCUT2D eigenvalue weighted by Gasteiger charge is 2.11. The quantitative estimate of drug-likeness (QED) is 0.399. The van der Waals surface area contributed by atoms with Gasteiger partial charge in [-0.15, -0.1) is 0 Å². The molecule has 4 heteroatoms. The van der Waals surface area contributed by atoms with E-state index in [9.17, 15) is 4.79 Å². The molecule has 0 amide bonds. The Morgan fingerprint density at radius 1 is 1.46 bits per heavy atom. The van der Waals surface area contributed by atoms with Crippen LogP contribution in [0.5, 0.6) is 0 Å². The maximum Gasteiger partial charge on any atom is 0.336 e. The zero-order valence-electron chi connectivity index (χ0n) is 8.56. The molecule has 0 unspecified atom stereocenters. The molecule has 0 aromatic rings. The van der Waals surface area contributed by atoms with Gasteiger partial charge in [-0.25, -0.2) is 4.79 Å². The van der Waals surface area contributed by atoms with E-state index < -0.39 is 0 Å². The molecule has 0 saturated heterocycles. The Kier molecular flexibility index (Phi) is 5.55. The summed E-state index contributed by atoms with van der Waals surface area (Å²) in [5, 5.41) is 0. The normalized spacial score (nSPS) is 12.1. The van der Waals surface area contributed by atoms with Gasteiger partial charge in [0.05, 0.1) is 5.57 Å². The average molecular weight is 206 g/mol. The predicted molar refractivity (Wildman–Crippen MR) is 53.5 cm³/mol. The molecule has 0 radical (unpaired) electrons. The SMILES string of the molecule is CC/C(=C(/C)C(=O)OCCl)N(C)C. The summed E-state index contributed by atoms with van der Waals surface area (Å²) < 4.78 is 4.68. The standard InChI is InChI=1S/C9H16ClNO2/c1-5-8(11(3)4)7(2)9(12)13-6-10/h5-6H2,1-4H3/b8-7+. The van der Waals surface area contributed by atoms with Crippen molar-refractivity contribution in [3.05, 3.63) is 11.3 Å². The van der Waals surface area contributed by atoms with Gasteiger partial charge in [0.2, 0.25) is 0 Å². The van der Waals surface area contributed by atoms with E-state index >= 15 is 0 Å². The van der Waals surface area contributed by atoms with Gasteiger partial charge in [0.1, 0.15) is 0 Å². The average Bonchev–Trinajstić information content (AvgIpc) is 2.05. The maximum absolute atomic E-state index is 11.3. The third kappa shape index (κ3) is 3.68. The number of hydrogen-bond acceptors (Lipinski definition) is 3. The zero-order chi connectivity index (χ0) is 10.4. The van der Waals surface area contributed by atoms with E-state index in [4.69, 9.17) is 11.6 Å². The van der Waals surface area contributed by atoms with Crippen molar-refractivity contribution in [3.8, 4) is 0 Å². The lowest BCUT2D eigenvalue weighted by molar-refractivity contribution is -0.137. The van der Waals surface area contributed by atoms with Gasteiger partial charge in [-0.2, -0.15) is 0 Å². The molecule has 76 valence electrons. The fraction of sp³-hybridized carbons (Fsp3) is 0.667. The smallest absolute Gasteiger partial charge is 0.336 e. The molecule has 0 spiro atoms. The van der Waals surface area contributed by atoms with Gasteiger partial charge in [-0.3, -0.25) is 0 Å². The first-order valence-corrected chi connectivity index (χ1v) is 4.68. The molecule has 0 atom stereocenters. The number of hydrogen-bond donors (Lipinski definition) is 0. The number of nitrogens with zero attached hydrogens (tertiary/aromatic N) is 1. The van der Waals surface area contributed by atoms with Crippen molar-refractivity contribution in [2.75, 3.05) is 20.2 Å². The number of rotatable bonds is 4. The topological polar surface area (TPSA) is 29.5 Å². The van der Waals surface area contributed by atoms with E-state index in [1.807, 2.05) is 25.9 Å². The summed E-state index contributed by atoms with van der Waals surface area (Å²) in [6, 6.07) is -0.0966. The summed E-state index contributed by atoms with van der Waals surface area (Å²) in [4.78, 5) is 13.2. The largest absolute Gasteiger partial charge is 0.446 e. The Morgan fingerprint density at radius 2 is 2.00 bits per heavy atom. The van der Waals surface area contributed by atoms with Crippen molar-refractivity contribution in [2.24, 2.45) is 0 Å². The minimum Gasteiger partial charge on any atom is -0.446 e. The van der Waals surface area contributed by atoms with Crippen LogP contribution in [0.25, 0.3) is 0 Å². The van der Waals surface area contributed by atoms with Crippen LogP contribution >= 0.6 is 11.6 Å². The Morgan fingerprint density at radius 3 is 2.31 bits per heavy atom. The van der Waals surface area contributed by atoms with Gasteiger partial charge in [-0.1, -0.05) is 18.5 Å². The number of halogens is 1. The molecule has 0 aliphatic rings. The second-order valence-electron chi connectivity index (χ2n) is 2.86. The molecule has 0 aliphatic carbocycles. The lowest BCUT2D eigenvalue weighted by atomic mass is 10.2. The fourth-order valence-corrected chi connectivity index (χ4v) is 1.29. The third-order valence-electron chi connectivity index (χ3n) is 1.80. The molecule has 0 fully saturated rings. The highest BCUT2D eigenvalue weighted by atomic mass is 35.5. The first kappa shape index (κ1) is 12.3. The van der Waals surface area contributed by atoms with Crippen molar-refractivity contribution in [1.29, 1.82) is 0 Å². The van der Waals surface area contributed by atoms with E-state index in [1.165, 1.54) is 0 Å². The van der Waals surface area contributed by atoms with E-state index in [-0.39, 0.29) is 12.0 Å². The number of carbonyl (C=O) groups excluding carboxylic acids is 1.